The lowest BCUT2D eigenvalue weighted by molar-refractivity contribution is -0.142. The average molecular weight is 385 g/mol. The Labute approximate surface area is 164 Å². The Kier molecular flexibility index (Phi) is 6.28. The highest BCUT2D eigenvalue weighted by Crippen LogP contribution is 2.25. The number of hydrogen-bond donors (Lipinski definition) is 3. The van der Waals surface area contributed by atoms with E-state index in [4.69, 9.17) is 5.11 Å². The van der Waals surface area contributed by atoms with Gasteiger partial charge in [-0.1, -0.05) is 13.3 Å². The van der Waals surface area contributed by atoms with Crippen LogP contribution in [0.2, 0.25) is 0 Å². The van der Waals surface area contributed by atoms with Gasteiger partial charge in [0.2, 0.25) is 0 Å². The van der Waals surface area contributed by atoms with E-state index >= 15 is 0 Å². The van der Waals surface area contributed by atoms with E-state index in [9.17, 15) is 9.59 Å². The first kappa shape index (κ1) is 19.9. The number of aryl methyl sites for hydroxylation is 1. The maximum absolute atomic E-state index is 12.5. The molecule has 28 heavy (non-hydrogen) atoms. The molecule has 3 rings (SSSR count). The minimum Gasteiger partial charge on any atom is -0.481 e. The van der Waals surface area contributed by atoms with Gasteiger partial charge in [-0.2, -0.15) is 5.10 Å². The van der Waals surface area contributed by atoms with Crippen LogP contribution in [0.4, 0.5) is 10.5 Å². The molecule has 2 aromatic rings. The van der Waals surface area contributed by atoms with E-state index in [1.165, 1.54) is 0 Å². The number of anilines is 1. The van der Waals surface area contributed by atoms with Gasteiger partial charge in [0.05, 0.1) is 23.5 Å². The lowest BCUT2D eigenvalue weighted by Gasteiger charge is -2.26. The van der Waals surface area contributed by atoms with Crippen molar-refractivity contribution >= 4 is 17.7 Å². The molecule has 1 aliphatic carbocycles. The Bertz CT molecular complexity index is 840. The van der Waals surface area contributed by atoms with E-state index < -0.39 is 5.97 Å². The monoisotopic (exact) mass is 385 g/mol. The highest BCUT2D eigenvalue weighted by Gasteiger charge is 2.27. The van der Waals surface area contributed by atoms with Crippen molar-refractivity contribution in [1.82, 2.24) is 20.1 Å². The molecule has 0 bridgehead atoms. The van der Waals surface area contributed by atoms with Gasteiger partial charge >= 0.3 is 12.0 Å². The van der Waals surface area contributed by atoms with E-state index in [1.54, 1.807) is 17.1 Å². The molecule has 0 aliphatic heterocycles. The second-order valence-electron chi connectivity index (χ2n) is 7.34. The molecule has 1 fully saturated rings. The molecule has 0 aromatic carbocycles. The molecule has 2 amide bonds. The van der Waals surface area contributed by atoms with E-state index in [1.807, 2.05) is 19.1 Å². The van der Waals surface area contributed by atoms with Gasteiger partial charge in [0.25, 0.3) is 0 Å². The number of amides is 2. The molecule has 1 aliphatic rings. The van der Waals surface area contributed by atoms with Gasteiger partial charge in [0, 0.05) is 12.2 Å². The molecule has 2 aromatic heterocycles. The second kappa shape index (κ2) is 8.86. The van der Waals surface area contributed by atoms with Gasteiger partial charge in [-0.15, -0.1) is 0 Å². The molecule has 0 saturated heterocycles. The predicted octanol–water partition coefficient (Wildman–Crippen LogP) is 3.29. The molecule has 0 radical (unpaired) electrons. The normalized spacial score (nSPS) is 19.2. The summed E-state index contributed by atoms with van der Waals surface area (Å²) in [6, 6.07) is 3.60. The van der Waals surface area contributed by atoms with E-state index in [0.717, 1.165) is 29.9 Å². The quantitative estimate of drug-likeness (QED) is 0.707. The third-order valence-corrected chi connectivity index (χ3v) is 5.13. The number of hydrogen-bond acceptors (Lipinski definition) is 4. The van der Waals surface area contributed by atoms with Gasteiger partial charge in [-0.25, -0.2) is 14.5 Å². The highest BCUT2D eigenvalue weighted by atomic mass is 16.4. The van der Waals surface area contributed by atoms with Crippen LogP contribution in [0.3, 0.4) is 0 Å². The van der Waals surface area contributed by atoms with Gasteiger partial charge < -0.3 is 15.7 Å². The van der Waals surface area contributed by atoms with Crippen molar-refractivity contribution in [3.63, 3.8) is 0 Å². The van der Waals surface area contributed by atoms with E-state index in [-0.39, 0.29) is 18.0 Å². The molecule has 0 atom stereocenters. The molecule has 150 valence electrons. The number of nitrogens with zero attached hydrogens (tertiary/aromatic N) is 3. The lowest BCUT2D eigenvalue weighted by atomic mass is 9.86. The molecular weight excluding hydrogens is 358 g/mol. The standard InChI is InChI=1S/C20H27N5O3/c1-3-4-17-16(12-22-25(17)18-11-13(2)9-10-21-18)24-20(28)23-15-7-5-14(6-8-15)19(26)27/h9-12,14-15H,3-8H2,1-2H3,(H,26,27)(H2,23,24,28). The number of pyridine rings is 1. The van der Waals surface area contributed by atoms with Crippen LogP contribution in [-0.4, -0.2) is 37.9 Å². The van der Waals surface area contributed by atoms with Crippen LogP contribution >= 0.6 is 0 Å². The minimum atomic E-state index is -0.746. The topological polar surface area (TPSA) is 109 Å². The van der Waals surface area contributed by atoms with Crippen molar-refractivity contribution in [2.24, 2.45) is 5.92 Å². The van der Waals surface area contributed by atoms with Crippen LogP contribution in [0.5, 0.6) is 0 Å². The number of aliphatic carboxylic acids is 1. The number of rotatable bonds is 6. The maximum Gasteiger partial charge on any atom is 0.319 e. The van der Waals surface area contributed by atoms with Crippen molar-refractivity contribution in [2.45, 2.75) is 58.4 Å². The Morgan fingerprint density at radius 1 is 1.29 bits per heavy atom. The zero-order valence-electron chi connectivity index (χ0n) is 16.3. The number of carbonyl (C=O) groups excluding carboxylic acids is 1. The van der Waals surface area contributed by atoms with E-state index in [0.29, 0.717) is 31.4 Å². The molecule has 0 unspecified atom stereocenters. The van der Waals surface area contributed by atoms with Crippen LogP contribution in [-0.2, 0) is 11.2 Å². The average Bonchev–Trinajstić information content (AvgIpc) is 3.05. The summed E-state index contributed by atoms with van der Waals surface area (Å²) >= 11 is 0. The highest BCUT2D eigenvalue weighted by molar-refractivity contribution is 5.90. The Hall–Kier alpha value is -2.90. The van der Waals surface area contributed by atoms with Gasteiger partial charge in [0.1, 0.15) is 0 Å². The first-order valence-electron chi connectivity index (χ1n) is 9.78. The summed E-state index contributed by atoms with van der Waals surface area (Å²) in [6.45, 7) is 4.08. The smallest absolute Gasteiger partial charge is 0.319 e. The molecule has 8 heteroatoms. The van der Waals surface area contributed by atoms with Crippen molar-refractivity contribution in [2.75, 3.05) is 5.32 Å². The third kappa shape index (κ3) is 4.68. The van der Waals surface area contributed by atoms with E-state index in [2.05, 4.69) is 27.6 Å². The van der Waals surface area contributed by atoms with Crippen molar-refractivity contribution < 1.29 is 14.7 Å². The van der Waals surface area contributed by atoms with Crippen LogP contribution in [0, 0.1) is 12.8 Å². The molecule has 3 N–H and O–H groups in total. The first-order valence-corrected chi connectivity index (χ1v) is 9.78. The Morgan fingerprint density at radius 2 is 2.04 bits per heavy atom. The summed E-state index contributed by atoms with van der Waals surface area (Å²) in [7, 11) is 0. The summed E-state index contributed by atoms with van der Waals surface area (Å²) in [5, 5.41) is 19.4. The Balaban J connectivity index is 1.67. The van der Waals surface area contributed by atoms with Crippen molar-refractivity contribution in [3.05, 3.63) is 35.8 Å². The predicted molar refractivity (Wildman–Crippen MR) is 106 cm³/mol. The molecular formula is C20H27N5O3. The zero-order chi connectivity index (χ0) is 20.1. The first-order chi connectivity index (χ1) is 13.5. The fourth-order valence-electron chi connectivity index (χ4n) is 3.62. The van der Waals surface area contributed by atoms with Crippen LogP contribution in [0.1, 0.15) is 50.3 Å². The SMILES string of the molecule is CCCc1c(NC(=O)NC2CCC(C(=O)O)CC2)cnn1-c1cc(C)ccn1. The third-order valence-electron chi connectivity index (χ3n) is 5.13. The summed E-state index contributed by atoms with van der Waals surface area (Å²) in [5.41, 5.74) is 2.67. The molecule has 0 spiro atoms. The fraction of sp³-hybridized carbons (Fsp3) is 0.500. The number of nitrogens with one attached hydrogen (secondary N) is 2. The zero-order valence-corrected chi connectivity index (χ0v) is 16.3. The lowest BCUT2D eigenvalue weighted by Crippen LogP contribution is -2.41. The number of carbonyl (C=O) groups is 2. The van der Waals surface area contributed by atoms with Crippen LogP contribution < -0.4 is 10.6 Å². The number of carboxylic acids is 1. The molecule has 8 nitrogen and oxygen atoms in total. The summed E-state index contributed by atoms with van der Waals surface area (Å²) in [4.78, 5) is 27.9. The van der Waals surface area contributed by atoms with Gasteiger partial charge in [0.15, 0.2) is 5.82 Å². The van der Waals surface area contributed by atoms with Gasteiger partial charge in [-0.3, -0.25) is 4.79 Å². The van der Waals surface area contributed by atoms with Crippen LogP contribution in [0.15, 0.2) is 24.5 Å². The molecule has 1 saturated carbocycles. The maximum atomic E-state index is 12.5. The largest absolute Gasteiger partial charge is 0.481 e. The Morgan fingerprint density at radius 3 is 2.68 bits per heavy atom. The number of aromatic nitrogens is 3. The fourth-order valence-corrected chi connectivity index (χ4v) is 3.62. The molecule has 2 heterocycles. The summed E-state index contributed by atoms with van der Waals surface area (Å²) in [6.07, 6.45) is 7.61. The second-order valence-corrected chi connectivity index (χ2v) is 7.34. The van der Waals surface area contributed by atoms with Gasteiger partial charge in [-0.05, 0) is 56.7 Å². The number of carboxylic acid groups (broad SMARTS) is 1. The van der Waals surface area contributed by atoms with Crippen molar-refractivity contribution in [1.29, 1.82) is 0 Å². The van der Waals surface area contributed by atoms with Crippen LogP contribution in [0.25, 0.3) is 5.82 Å². The number of urea groups is 1. The minimum absolute atomic E-state index is 0.00119. The van der Waals surface area contributed by atoms with Crippen molar-refractivity contribution in [3.8, 4) is 5.82 Å². The summed E-state index contributed by atoms with van der Waals surface area (Å²) in [5.74, 6) is -0.314. The summed E-state index contributed by atoms with van der Waals surface area (Å²) < 4.78 is 1.77.